The van der Waals surface area contributed by atoms with Gasteiger partial charge in [-0.1, -0.05) is 11.6 Å². The Kier molecular flexibility index (Phi) is 3.57. The van der Waals surface area contributed by atoms with Gasteiger partial charge in [0.25, 0.3) is 0 Å². The van der Waals surface area contributed by atoms with Crippen LogP contribution < -0.4 is 10.5 Å². The van der Waals surface area contributed by atoms with Crippen molar-refractivity contribution in [2.45, 2.75) is 6.92 Å². The molecule has 0 amide bonds. The number of nitrogen functional groups attached to an aromatic ring is 1. The molecule has 3 N–H and O–H groups in total. The molecule has 19 heavy (non-hydrogen) atoms. The van der Waals surface area contributed by atoms with Crippen molar-refractivity contribution in [1.82, 2.24) is 4.98 Å². The first-order chi connectivity index (χ1) is 8.97. The Morgan fingerprint density at radius 2 is 2.16 bits per heavy atom. The van der Waals surface area contributed by atoms with Crippen LogP contribution in [0.2, 0.25) is 5.02 Å². The Balaban J connectivity index is 2.28. The van der Waals surface area contributed by atoms with E-state index in [1.54, 1.807) is 18.2 Å². The third-order valence-corrected chi connectivity index (χ3v) is 2.89. The Morgan fingerprint density at radius 1 is 1.42 bits per heavy atom. The fourth-order valence-corrected chi connectivity index (χ4v) is 1.58. The first-order valence-corrected chi connectivity index (χ1v) is 5.78. The van der Waals surface area contributed by atoms with Gasteiger partial charge in [0.15, 0.2) is 0 Å². The molecular formula is C13H11ClN2O3. The molecule has 0 atom stereocenters. The van der Waals surface area contributed by atoms with Gasteiger partial charge in [0.2, 0.25) is 5.88 Å². The molecule has 0 aliphatic heterocycles. The van der Waals surface area contributed by atoms with Crippen molar-refractivity contribution in [3.63, 3.8) is 0 Å². The Bertz CT molecular complexity index is 644. The number of nitrogens with zero attached hydrogens (tertiary/aromatic N) is 1. The lowest BCUT2D eigenvalue weighted by molar-refractivity contribution is 0.0696. The molecule has 0 unspecified atom stereocenters. The minimum absolute atomic E-state index is 0.0112. The van der Waals surface area contributed by atoms with Crippen molar-refractivity contribution in [2.24, 2.45) is 0 Å². The number of halogens is 1. The van der Waals surface area contributed by atoms with Crippen LogP contribution in [-0.4, -0.2) is 16.1 Å². The monoisotopic (exact) mass is 278 g/mol. The smallest absolute Gasteiger partial charge is 0.337 e. The topological polar surface area (TPSA) is 85.4 Å². The van der Waals surface area contributed by atoms with Gasteiger partial charge in [0, 0.05) is 11.2 Å². The van der Waals surface area contributed by atoms with Gasteiger partial charge in [-0.2, -0.15) is 0 Å². The number of aromatic carboxylic acids is 1. The van der Waals surface area contributed by atoms with E-state index in [1.807, 2.05) is 6.92 Å². The number of carboxylic acid groups (broad SMARTS) is 1. The highest BCUT2D eigenvalue weighted by molar-refractivity contribution is 6.31. The number of nitrogens with two attached hydrogens (primary N) is 1. The summed E-state index contributed by atoms with van der Waals surface area (Å²) >= 11 is 5.91. The summed E-state index contributed by atoms with van der Waals surface area (Å²) in [5, 5.41) is 9.44. The van der Waals surface area contributed by atoms with E-state index in [-0.39, 0.29) is 17.1 Å². The van der Waals surface area contributed by atoms with E-state index in [1.165, 1.54) is 12.3 Å². The summed E-state index contributed by atoms with van der Waals surface area (Å²) in [5.74, 6) is -0.399. The van der Waals surface area contributed by atoms with Crippen molar-refractivity contribution in [3.8, 4) is 11.6 Å². The third-order valence-electron chi connectivity index (χ3n) is 2.47. The van der Waals surface area contributed by atoms with E-state index < -0.39 is 5.97 Å². The molecule has 6 heteroatoms. The molecule has 1 heterocycles. The molecule has 0 saturated heterocycles. The fraction of sp³-hybridized carbons (Fsp3) is 0.0769. The second-order valence-electron chi connectivity index (χ2n) is 3.94. The van der Waals surface area contributed by atoms with Crippen LogP contribution in [0.25, 0.3) is 0 Å². The van der Waals surface area contributed by atoms with Gasteiger partial charge in [-0.15, -0.1) is 0 Å². The Morgan fingerprint density at radius 3 is 2.74 bits per heavy atom. The number of hydrogen-bond donors (Lipinski definition) is 2. The van der Waals surface area contributed by atoms with Crippen molar-refractivity contribution >= 4 is 23.3 Å². The number of ether oxygens (including phenoxy) is 1. The van der Waals surface area contributed by atoms with Gasteiger partial charge in [-0.3, -0.25) is 0 Å². The van der Waals surface area contributed by atoms with Crippen molar-refractivity contribution in [1.29, 1.82) is 0 Å². The molecule has 0 bridgehead atoms. The third kappa shape index (κ3) is 2.95. The summed E-state index contributed by atoms with van der Waals surface area (Å²) in [7, 11) is 0. The number of benzene rings is 1. The normalized spacial score (nSPS) is 10.2. The zero-order chi connectivity index (χ0) is 14.0. The first-order valence-electron chi connectivity index (χ1n) is 5.40. The van der Waals surface area contributed by atoms with Gasteiger partial charge in [-0.25, -0.2) is 9.78 Å². The summed E-state index contributed by atoms with van der Waals surface area (Å²) in [6.07, 6.45) is 1.19. The fourth-order valence-electron chi connectivity index (χ4n) is 1.46. The minimum atomic E-state index is -1.09. The minimum Gasteiger partial charge on any atom is -0.478 e. The number of pyridine rings is 1. The van der Waals surface area contributed by atoms with E-state index in [4.69, 9.17) is 27.2 Å². The van der Waals surface area contributed by atoms with Crippen LogP contribution in [0.15, 0.2) is 30.5 Å². The van der Waals surface area contributed by atoms with Crippen LogP contribution in [0.5, 0.6) is 11.6 Å². The zero-order valence-electron chi connectivity index (χ0n) is 10.1. The van der Waals surface area contributed by atoms with E-state index >= 15 is 0 Å². The predicted octanol–water partition coefficient (Wildman–Crippen LogP) is 3.12. The van der Waals surface area contributed by atoms with Gasteiger partial charge in [-0.05, 0) is 36.8 Å². The van der Waals surface area contributed by atoms with E-state index in [0.717, 1.165) is 5.56 Å². The lowest BCUT2D eigenvalue weighted by atomic mass is 10.2. The van der Waals surface area contributed by atoms with Crippen molar-refractivity contribution < 1.29 is 14.6 Å². The average Bonchev–Trinajstić information content (AvgIpc) is 2.36. The quantitative estimate of drug-likeness (QED) is 0.901. The van der Waals surface area contributed by atoms with E-state index in [9.17, 15) is 4.79 Å². The van der Waals surface area contributed by atoms with Crippen molar-refractivity contribution in [2.75, 3.05) is 5.73 Å². The van der Waals surface area contributed by atoms with Crippen LogP contribution >= 0.6 is 11.6 Å². The highest BCUT2D eigenvalue weighted by Gasteiger charge is 2.10. The summed E-state index contributed by atoms with van der Waals surface area (Å²) in [4.78, 5) is 14.6. The number of anilines is 1. The number of carboxylic acids is 1. The molecular weight excluding hydrogens is 268 g/mol. The summed E-state index contributed by atoms with van der Waals surface area (Å²) in [6, 6.07) is 6.43. The molecule has 0 saturated carbocycles. The summed E-state index contributed by atoms with van der Waals surface area (Å²) < 4.78 is 5.49. The van der Waals surface area contributed by atoms with E-state index in [2.05, 4.69) is 4.98 Å². The predicted molar refractivity (Wildman–Crippen MR) is 71.9 cm³/mol. The number of carbonyl (C=O) groups is 1. The lowest BCUT2D eigenvalue weighted by Crippen LogP contribution is -2.01. The average molecular weight is 279 g/mol. The van der Waals surface area contributed by atoms with Crippen LogP contribution in [0.1, 0.15) is 15.9 Å². The summed E-state index contributed by atoms with van der Waals surface area (Å²) in [6.45, 7) is 1.85. The van der Waals surface area contributed by atoms with E-state index in [0.29, 0.717) is 10.8 Å². The maximum atomic E-state index is 10.8. The summed E-state index contributed by atoms with van der Waals surface area (Å²) in [5.41, 5.74) is 6.73. The molecule has 0 radical (unpaired) electrons. The second kappa shape index (κ2) is 5.16. The largest absolute Gasteiger partial charge is 0.478 e. The maximum absolute atomic E-state index is 10.8. The van der Waals surface area contributed by atoms with Gasteiger partial charge in [0.1, 0.15) is 5.75 Å². The van der Waals surface area contributed by atoms with Crippen LogP contribution in [0.3, 0.4) is 0 Å². The van der Waals surface area contributed by atoms with Crippen LogP contribution in [0.4, 0.5) is 5.69 Å². The highest BCUT2D eigenvalue weighted by Crippen LogP contribution is 2.28. The first kappa shape index (κ1) is 13.2. The highest BCUT2D eigenvalue weighted by atomic mass is 35.5. The molecule has 0 spiro atoms. The SMILES string of the molecule is Cc1cc(Oc2ncc(C(=O)O)cc2N)ccc1Cl. The zero-order valence-corrected chi connectivity index (χ0v) is 10.8. The molecule has 1 aromatic carbocycles. The standard InChI is InChI=1S/C13H11ClN2O3/c1-7-4-9(2-3-10(7)14)19-12-11(15)5-8(6-16-12)13(17)18/h2-6H,15H2,1H3,(H,17,18). The van der Waals surface area contributed by atoms with Gasteiger partial charge in [0.05, 0.1) is 11.3 Å². The second-order valence-corrected chi connectivity index (χ2v) is 4.34. The molecule has 0 aliphatic carbocycles. The molecule has 2 rings (SSSR count). The van der Waals surface area contributed by atoms with Crippen molar-refractivity contribution in [3.05, 3.63) is 46.6 Å². The number of aryl methyl sites for hydroxylation is 1. The Labute approximate surface area is 114 Å². The molecule has 98 valence electrons. The Hall–Kier alpha value is -2.27. The van der Waals surface area contributed by atoms with Gasteiger partial charge < -0.3 is 15.6 Å². The molecule has 5 nitrogen and oxygen atoms in total. The molecule has 1 aromatic heterocycles. The lowest BCUT2D eigenvalue weighted by Gasteiger charge is -2.08. The molecule has 0 aliphatic rings. The van der Waals surface area contributed by atoms with Crippen LogP contribution in [-0.2, 0) is 0 Å². The number of rotatable bonds is 3. The van der Waals surface area contributed by atoms with Gasteiger partial charge >= 0.3 is 5.97 Å². The van der Waals surface area contributed by atoms with Crippen LogP contribution in [0, 0.1) is 6.92 Å². The molecule has 2 aromatic rings. The number of hydrogen-bond acceptors (Lipinski definition) is 4. The number of aromatic nitrogens is 1. The molecule has 0 fully saturated rings. The maximum Gasteiger partial charge on any atom is 0.337 e.